The van der Waals surface area contributed by atoms with Crippen LogP contribution in [-0.2, 0) is 25.7 Å². The van der Waals surface area contributed by atoms with E-state index in [1.165, 1.54) is 27.7 Å². The first-order chi connectivity index (χ1) is 19.7. The zero-order valence-corrected chi connectivity index (χ0v) is 24.1. The number of hydrogen-bond acceptors (Lipinski definition) is 11. The highest BCUT2D eigenvalue weighted by Gasteiger charge is 2.60. The van der Waals surface area contributed by atoms with E-state index in [1.54, 1.807) is 0 Å². The van der Waals surface area contributed by atoms with Crippen molar-refractivity contribution < 1.29 is 24.3 Å². The monoisotopic (exact) mass is 587 g/mol. The highest BCUT2D eigenvalue weighted by molar-refractivity contribution is 8.03. The van der Waals surface area contributed by atoms with Crippen LogP contribution in [0.5, 0.6) is 0 Å². The van der Waals surface area contributed by atoms with Gasteiger partial charge < -0.3 is 25.5 Å². The lowest BCUT2D eigenvalue weighted by atomic mass is 9.73. The number of aromatic nitrogens is 4. The van der Waals surface area contributed by atoms with Crippen LogP contribution in [0.15, 0.2) is 16.9 Å². The molecule has 6 rings (SSSR count). The number of hydrogen-bond donors (Lipinski definition) is 3. The average molecular weight is 588 g/mol. The van der Waals surface area contributed by atoms with Crippen molar-refractivity contribution in [2.75, 3.05) is 45.8 Å². The molecule has 5 aliphatic heterocycles. The summed E-state index contributed by atoms with van der Waals surface area (Å²) in [5.41, 5.74) is 0.0531. The minimum Gasteiger partial charge on any atom is -0.477 e. The number of nitrogens with one attached hydrogen (secondary N) is 2. The smallest absolute Gasteiger partial charge is 0.353 e. The van der Waals surface area contributed by atoms with Crippen LogP contribution in [0.2, 0.25) is 0 Å². The number of amides is 2. The molecule has 0 spiro atoms. The van der Waals surface area contributed by atoms with Gasteiger partial charge in [0.05, 0.1) is 18.0 Å². The highest BCUT2D eigenvalue weighted by atomic mass is 32.2. The van der Waals surface area contributed by atoms with E-state index in [2.05, 4.69) is 31.1 Å². The number of Topliss-reactive ketones (excluding diaryl/α,β-unsaturated/α-hetero) is 1. The molecule has 4 fully saturated rings. The maximum absolute atomic E-state index is 13.2. The molecule has 6 atom stereocenters. The molecule has 2 amide bonds. The van der Waals surface area contributed by atoms with Crippen molar-refractivity contribution in [2.24, 2.45) is 17.8 Å². The fourth-order valence-corrected chi connectivity index (χ4v) is 8.52. The summed E-state index contributed by atoms with van der Waals surface area (Å²) in [6, 6.07) is -0.135. The van der Waals surface area contributed by atoms with Crippen molar-refractivity contribution >= 4 is 35.3 Å². The number of likely N-dealkylation sites (tertiary alicyclic amines) is 1. The van der Waals surface area contributed by atoms with Gasteiger partial charge in [-0.25, -0.2) is 9.48 Å². The lowest BCUT2D eigenvalue weighted by Gasteiger charge is -2.47. The van der Waals surface area contributed by atoms with Gasteiger partial charge in [0.25, 0.3) is 0 Å². The zero-order valence-electron chi connectivity index (χ0n) is 23.3. The Hall–Kier alpha value is -2.88. The lowest BCUT2D eigenvalue weighted by Crippen LogP contribution is -2.65. The van der Waals surface area contributed by atoms with Gasteiger partial charge in [0.2, 0.25) is 11.8 Å². The number of nitrogens with zero attached hydrogens (tertiary/aromatic N) is 7. The summed E-state index contributed by atoms with van der Waals surface area (Å²) in [7, 11) is 0. The predicted octanol–water partition coefficient (Wildman–Crippen LogP) is -1.38. The fourth-order valence-electron chi connectivity index (χ4n) is 7.05. The number of carbonyl (C=O) groups excluding carboxylic acids is 3. The van der Waals surface area contributed by atoms with Gasteiger partial charge in [-0.1, -0.05) is 13.8 Å². The number of piperazine rings is 1. The van der Waals surface area contributed by atoms with Crippen molar-refractivity contribution in [3.05, 3.63) is 16.9 Å². The Morgan fingerprint density at radius 3 is 2.66 bits per heavy atom. The number of tetrazole rings is 1. The quantitative estimate of drug-likeness (QED) is 0.275. The molecule has 1 aromatic rings. The SMILES string of the molecule is C[C@@H](CC(=O)Cn1cnnn1)[C@H]1C(=O)N2C(C(=O)O)=C(S[C@@H]3CN[C@H](C(=O)N4CC(N5CCNCC5)C4)C3)[C@H](C)[C@H]12. The van der Waals surface area contributed by atoms with Crippen LogP contribution in [0.25, 0.3) is 0 Å². The third kappa shape index (κ3) is 5.28. The van der Waals surface area contributed by atoms with Gasteiger partial charge in [-0.15, -0.1) is 16.9 Å². The number of rotatable bonds is 10. The molecular formula is C26H37N9O5S. The Bertz CT molecular complexity index is 1230. The first kappa shape index (κ1) is 28.2. The minimum atomic E-state index is -1.12. The normalized spacial score (nSPS) is 31.2. The molecule has 15 heteroatoms. The number of fused-ring (bicyclic) bond motifs is 1. The molecule has 0 bridgehead atoms. The van der Waals surface area contributed by atoms with Crippen molar-refractivity contribution in [1.82, 2.24) is 45.5 Å². The van der Waals surface area contributed by atoms with Crippen LogP contribution in [0, 0.1) is 17.8 Å². The number of carboxylic acid groups (broad SMARTS) is 1. The molecule has 0 radical (unpaired) electrons. The first-order valence-electron chi connectivity index (χ1n) is 14.4. The maximum Gasteiger partial charge on any atom is 0.353 e. The van der Waals surface area contributed by atoms with Crippen molar-refractivity contribution in [3.8, 4) is 0 Å². The minimum absolute atomic E-state index is 0.0311. The molecular weight excluding hydrogens is 550 g/mol. The molecule has 4 saturated heterocycles. The molecule has 0 unspecified atom stereocenters. The molecule has 1 aromatic heterocycles. The third-order valence-electron chi connectivity index (χ3n) is 9.21. The average Bonchev–Trinajstić information content (AvgIpc) is 3.64. The molecule has 6 heterocycles. The highest BCUT2D eigenvalue weighted by Crippen LogP contribution is 2.53. The molecule has 0 aromatic carbocycles. The van der Waals surface area contributed by atoms with E-state index < -0.39 is 11.9 Å². The summed E-state index contributed by atoms with van der Waals surface area (Å²) in [6.45, 7) is 10.0. The van der Waals surface area contributed by atoms with Crippen LogP contribution in [0.4, 0.5) is 0 Å². The molecule has 3 N–H and O–H groups in total. The van der Waals surface area contributed by atoms with Gasteiger partial charge in [-0.05, 0) is 22.8 Å². The largest absolute Gasteiger partial charge is 0.477 e. The number of ketones is 1. The van der Waals surface area contributed by atoms with Crippen molar-refractivity contribution in [3.63, 3.8) is 0 Å². The molecule has 0 aliphatic carbocycles. The Balaban J connectivity index is 1.05. The number of carbonyl (C=O) groups is 4. The Kier molecular flexibility index (Phi) is 7.87. The number of carboxylic acids is 1. The summed E-state index contributed by atoms with van der Waals surface area (Å²) in [4.78, 5) is 57.8. The van der Waals surface area contributed by atoms with Crippen molar-refractivity contribution in [1.29, 1.82) is 0 Å². The molecule has 222 valence electrons. The Morgan fingerprint density at radius 2 is 1.98 bits per heavy atom. The first-order valence-corrected chi connectivity index (χ1v) is 15.3. The van der Waals surface area contributed by atoms with Gasteiger partial charge in [-0.2, -0.15) is 0 Å². The maximum atomic E-state index is 13.2. The van der Waals surface area contributed by atoms with E-state index in [4.69, 9.17) is 0 Å². The summed E-state index contributed by atoms with van der Waals surface area (Å²) in [6.07, 6.45) is 2.17. The standard InChI is InChI=1S/C26H37N9O5S/c1-14(7-17(36)12-34-13-29-30-31-34)20-21-15(2)23(22(26(39)40)35(21)25(20)38)41-18-8-19(28-9-18)24(37)33-10-16(11-33)32-5-3-27-4-6-32/h13-16,18-21,27-28H,3-12H2,1-2H3,(H,39,40)/t14-,15+,18-,19-,20+,21+/m0/s1. The van der Waals surface area contributed by atoms with Gasteiger partial charge in [-0.3, -0.25) is 19.3 Å². The number of aliphatic carboxylic acids is 1. The summed E-state index contributed by atoms with van der Waals surface area (Å²) in [5, 5.41) is 27.6. The Labute approximate surface area is 242 Å². The second-order valence-electron chi connectivity index (χ2n) is 11.9. The van der Waals surface area contributed by atoms with E-state index in [0.29, 0.717) is 23.9 Å². The van der Waals surface area contributed by atoms with Crippen LogP contribution in [0.3, 0.4) is 0 Å². The van der Waals surface area contributed by atoms with E-state index in [1.807, 2.05) is 18.7 Å². The van der Waals surface area contributed by atoms with Gasteiger partial charge in [0.1, 0.15) is 18.6 Å². The van der Waals surface area contributed by atoms with E-state index in [9.17, 15) is 24.3 Å². The van der Waals surface area contributed by atoms with Crippen LogP contribution < -0.4 is 10.6 Å². The number of thioether (sulfide) groups is 1. The number of β-lactam (4-membered cyclic amide) rings is 1. The summed E-state index contributed by atoms with van der Waals surface area (Å²) < 4.78 is 1.35. The fraction of sp³-hybridized carbons (Fsp3) is 0.731. The van der Waals surface area contributed by atoms with Crippen LogP contribution >= 0.6 is 11.8 Å². The predicted molar refractivity (Wildman–Crippen MR) is 147 cm³/mol. The Morgan fingerprint density at radius 1 is 1.22 bits per heavy atom. The second kappa shape index (κ2) is 11.4. The summed E-state index contributed by atoms with van der Waals surface area (Å²) >= 11 is 1.49. The molecule has 41 heavy (non-hydrogen) atoms. The van der Waals surface area contributed by atoms with E-state index in [0.717, 1.165) is 39.3 Å². The lowest BCUT2D eigenvalue weighted by molar-refractivity contribution is -0.160. The van der Waals surface area contributed by atoms with Gasteiger partial charge in [0.15, 0.2) is 5.78 Å². The molecule has 14 nitrogen and oxygen atoms in total. The van der Waals surface area contributed by atoms with E-state index >= 15 is 0 Å². The molecule has 5 aliphatic rings. The molecule has 0 saturated carbocycles. The van der Waals surface area contributed by atoms with Gasteiger partial charge in [0, 0.05) is 74.3 Å². The van der Waals surface area contributed by atoms with Crippen LogP contribution in [-0.4, -0.2) is 133 Å². The topological polar surface area (TPSA) is 166 Å². The second-order valence-corrected chi connectivity index (χ2v) is 13.2. The third-order valence-corrected chi connectivity index (χ3v) is 10.7. The van der Waals surface area contributed by atoms with Gasteiger partial charge >= 0.3 is 5.97 Å². The summed E-state index contributed by atoms with van der Waals surface area (Å²) in [5.74, 6) is -2.17. The van der Waals surface area contributed by atoms with E-state index in [-0.39, 0.29) is 65.4 Å². The van der Waals surface area contributed by atoms with Crippen molar-refractivity contribution in [2.45, 2.75) is 56.6 Å². The van der Waals surface area contributed by atoms with Crippen LogP contribution in [0.1, 0.15) is 26.7 Å². The zero-order chi connectivity index (χ0) is 28.8.